The van der Waals surface area contributed by atoms with E-state index >= 15 is 0 Å². The maximum atomic E-state index is 12.3. The number of amides is 2. The van der Waals surface area contributed by atoms with E-state index in [-0.39, 0.29) is 6.03 Å². The molecule has 0 aliphatic carbocycles. The summed E-state index contributed by atoms with van der Waals surface area (Å²) < 4.78 is 4.92. The second-order valence-electron chi connectivity index (χ2n) is 4.93. The van der Waals surface area contributed by atoms with Crippen LogP contribution in [0.2, 0.25) is 0 Å². The number of benzene rings is 1. The maximum absolute atomic E-state index is 12.3. The summed E-state index contributed by atoms with van der Waals surface area (Å²) in [5, 5.41) is 2.89. The largest absolute Gasteiger partial charge is 0.466 e. The monoisotopic (exact) mass is 284 g/mol. The normalized spacial score (nSPS) is 20.9. The van der Waals surface area contributed by atoms with Gasteiger partial charge in [-0.05, 0) is 18.1 Å². The lowest BCUT2D eigenvalue weighted by Gasteiger charge is -2.36. The fourth-order valence-corrected chi connectivity index (χ4v) is 2.70. The lowest BCUT2D eigenvalue weighted by molar-refractivity contribution is -0.136. The van der Waals surface area contributed by atoms with E-state index in [2.05, 4.69) is 5.32 Å². The van der Waals surface area contributed by atoms with E-state index < -0.39 is 12.0 Å². The number of methoxy groups -OCH3 is 1. The zero-order chi connectivity index (χ0) is 14.8. The molecule has 108 valence electrons. The van der Waals surface area contributed by atoms with E-state index in [1.807, 2.05) is 42.5 Å². The van der Waals surface area contributed by atoms with Crippen molar-refractivity contribution in [3.05, 3.63) is 59.3 Å². The Labute approximate surface area is 122 Å². The highest BCUT2D eigenvalue weighted by atomic mass is 16.5. The van der Waals surface area contributed by atoms with Gasteiger partial charge < -0.3 is 10.1 Å². The molecule has 1 unspecified atom stereocenters. The van der Waals surface area contributed by atoms with E-state index in [1.54, 1.807) is 4.90 Å². The number of fused-ring (bicyclic) bond motifs is 1. The number of nitrogens with one attached hydrogen (secondary N) is 1. The predicted molar refractivity (Wildman–Crippen MR) is 77.2 cm³/mol. The van der Waals surface area contributed by atoms with E-state index in [0.717, 1.165) is 12.0 Å². The molecule has 1 N–H and O–H groups in total. The number of urea groups is 1. The van der Waals surface area contributed by atoms with Gasteiger partial charge in [-0.25, -0.2) is 9.59 Å². The van der Waals surface area contributed by atoms with Crippen molar-refractivity contribution in [3.8, 4) is 0 Å². The van der Waals surface area contributed by atoms with Crippen molar-refractivity contribution in [1.29, 1.82) is 0 Å². The van der Waals surface area contributed by atoms with Crippen molar-refractivity contribution in [1.82, 2.24) is 10.2 Å². The second kappa shape index (κ2) is 5.44. The highest BCUT2D eigenvalue weighted by Crippen LogP contribution is 2.33. The Kier molecular flexibility index (Phi) is 3.48. The van der Waals surface area contributed by atoms with Crippen LogP contribution in [-0.2, 0) is 9.53 Å². The third-order valence-electron chi connectivity index (χ3n) is 3.70. The van der Waals surface area contributed by atoms with E-state index in [9.17, 15) is 9.59 Å². The van der Waals surface area contributed by atoms with Gasteiger partial charge in [0.25, 0.3) is 0 Å². The Morgan fingerprint density at radius 1 is 1.33 bits per heavy atom. The van der Waals surface area contributed by atoms with Gasteiger partial charge in [-0.1, -0.05) is 36.4 Å². The zero-order valence-corrected chi connectivity index (χ0v) is 11.7. The molecule has 0 fully saturated rings. The quantitative estimate of drug-likeness (QED) is 0.846. The molecule has 0 spiro atoms. The minimum absolute atomic E-state index is 0.184. The molecule has 0 aromatic heterocycles. The van der Waals surface area contributed by atoms with Gasteiger partial charge in [0.2, 0.25) is 0 Å². The van der Waals surface area contributed by atoms with Crippen LogP contribution in [-0.4, -0.2) is 30.6 Å². The second-order valence-corrected chi connectivity index (χ2v) is 4.93. The van der Waals surface area contributed by atoms with Crippen LogP contribution < -0.4 is 5.32 Å². The standard InChI is InChI=1S/C16H16N2O3/c1-21-15(19)13-12-9-5-6-10-18(12)16(20)17-14(13)11-7-3-2-4-8-11/h2-5,7-9,14H,6,10H2,1H3,(H,17,20). The Morgan fingerprint density at radius 3 is 2.81 bits per heavy atom. The third-order valence-corrected chi connectivity index (χ3v) is 3.70. The highest BCUT2D eigenvalue weighted by Gasteiger charge is 2.37. The van der Waals surface area contributed by atoms with Gasteiger partial charge in [0.15, 0.2) is 0 Å². The van der Waals surface area contributed by atoms with Gasteiger partial charge in [-0.15, -0.1) is 0 Å². The number of allylic oxidation sites excluding steroid dienone is 1. The summed E-state index contributed by atoms with van der Waals surface area (Å²) in [7, 11) is 1.35. The Morgan fingerprint density at radius 2 is 2.10 bits per heavy atom. The van der Waals surface area contributed by atoms with Crippen LogP contribution in [0.1, 0.15) is 18.0 Å². The van der Waals surface area contributed by atoms with Crippen LogP contribution in [0.5, 0.6) is 0 Å². The summed E-state index contributed by atoms with van der Waals surface area (Å²) in [4.78, 5) is 26.1. The SMILES string of the molecule is COC(=O)C1=C2C=CCCN2C(=O)NC1c1ccccc1. The molecule has 5 heteroatoms. The molecule has 0 saturated carbocycles. The molecule has 21 heavy (non-hydrogen) atoms. The van der Waals surface area contributed by atoms with Gasteiger partial charge in [0, 0.05) is 6.54 Å². The van der Waals surface area contributed by atoms with E-state index in [0.29, 0.717) is 17.8 Å². The first-order valence-corrected chi connectivity index (χ1v) is 6.84. The topological polar surface area (TPSA) is 58.6 Å². The number of carbonyl (C=O) groups excluding carboxylic acids is 2. The van der Waals surface area contributed by atoms with Crippen molar-refractivity contribution in [2.75, 3.05) is 13.7 Å². The van der Waals surface area contributed by atoms with Crippen LogP contribution in [0.4, 0.5) is 4.79 Å². The molecule has 2 amide bonds. The summed E-state index contributed by atoms with van der Waals surface area (Å²) in [6, 6.07) is 8.75. The predicted octanol–water partition coefficient (Wildman–Crippen LogP) is 2.14. The molecule has 5 nitrogen and oxygen atoms in total. The summed E-state index contributed by atoms with van der Waals surface area (Å²) in [5.74, 6) is -0.421. The van der Waals surface area contributed by atoms with Gasteiger partial charge in [0.1, 0.15) is 0 Å². The minimum atomic E-state index is -0.486. The zero-order valence-electron chi connectivity index (χ0n) is 11.7. The van der Waals surface area contributed by atoms with Crippen molar-refractivity contribution in [2.24, 2.45) is 0 Å². The van der Waals surface area contributed by atoms with Crippen molar-refractivity contribution < 1.29 is 14.3 Å². The molecule has 3 rings (SSSR count). The Hall–Kier alpha value is -2.56. The number of nitrogens with zero attached hydrogens (tertiary/aromatic N) is 1. The van der Waals surface area contributed by atoms with Crippen molar-refractivity contribution in [3.63, 3.8) is 0 Å². The third kappa shape index (κ3) is 2.31. The first kappa shape index (κ1) is 13.4. The number of hydrogen-bond donors (Lipinski definition) is 1. The number of hydrogen-bond acceptors (Lipinski definition) is 3. The number of esters is 1. The van der Waals surface area contributed by atoms with E-state index in [1.165, 1.54) is 7.11 Å². The molecule has 0 radical (unpaired) electrons. The first-order valence-electron chi connectivity index (χ1n) is 6.84. The molecule has 0 bridgehead atoms. The molecule has 1 aromatic carbocycles. The van der Waals surface area contributed by atoms with Crippen LogP contribution in [0, 0.1) is 0 Å². The number of ether oxygens (including phenoxy) is 1. The highest BCUT2D eigenvalue weighted by molar-refractivity contribution is 5.96. The summed E-state index contributed by atoms with van der Waals surface area (Å²) in [5.41, 5.74) is 1.96. The molecule has 0 saturated heterocycles. The first-order chi connectivity index (χ1) is 10.2. The molecule has 1 aromatic rings. The smallest absolute Gasteiger partial charge is 0.338 e. The Balaban J connectivity index is 2.15. The van der Waals surface area contributed by atoms with Gasteiger partial charge >= 0.3 is 12.0 Å². The van der Waals surface area contributed by atoms with Crippen LogP contribution in [0.3, 0.4) is 0 Å². The van der Waals surface area contributed by atoms with Crippen molar-refractivity contribution in [2.45, 2.75) is 12.5 Å². The summed E-state index contributed by atoms with van der Waals surface area (Å²) >= 11 is 0. The molecule has 1 atom stereocenters. The van der Waals surface area contributed by atoms with Crippen LogP contribution in [0.25, 0.3) is 0 Å². The molecular weight excluding hydrogens is 268 g/mol. The fraction of sp³-hybridized carbons (Fsp3) is 0.250. The summed E-state index contributed by atoms with van der Waals surface area (Å²) in [6.45, 7) is 0.569. The van der Waals surface area contributed by atoms with E-state index in [4.69, 9.17) is 4.74 Å². The minimum Gasteiger partial charge on any atom is -0.466 e. The molecular formula is C16H16N2O3. The van der Waals surface area contributed by atoms with Gasteiger partial charge in [-0.2, -0.15) is 0 Å². The van der Waals surface area contributed by atoms with Crippen molar-refractivity contribution >= 4 is 12.0 Å². The van der Waals surface area contributed by atoms with Gasteiger partial charge in [0.05, 0.1) is 24.4 Å². The average Bonchev–Trinajstić information content (AvgIpc) is 2.55. The maximum Gasteiger partial charge on any atom is 0.338 e. The molecule has 2 aliphatic heterocycles. The molecule has 2 aliphatic rings. The lowest BCUT2D eigenvalue weighted by atomic mass is 9.93. The average molecular weight is 284 g/mol. The number of rotatable bonds is 2. The van der Waals surface area contributed by atoms with Gasteiger partial charge in [-0.3, -0.25) is 4.90 Å². The Bertz CT molecular complexity index is 634. The molecule has 2 heterocycles. The number of carbonyl (C=O) groups is 2. The lowest BCUT2D eigenvalue weighted by Crippen LogP contribution is -2.49. The van der Waals surface area contributed by atoms with Crippen LogP contribution in [0.15, 0.2) is 53.8 Å². The fourth-order valence-electron chi connectivity index (χ4n) is 2.70. The summed E-state index contributed by atoms with van der Waals surface area (Å²) in [6.07, 6.45) is 4.57. The van der Waals surface area contributed by atoms with Crippen LogP contribution >= 0.6 is 0 Å².